The Morgan fingerprint density at radius 1 is 1.29 bits per heavy atom. The molecule has 1 aliphatic heterocycles. The number of aryl methyl sites for hydroxylation is 1. The summed E-state index contributed by atoms with van der Waals surface area (Å²) in [5, 5.41) is 0.803. The van der Waals surface area contributed by atoms with Gasteiger partial charge in [0.25, 0.3) is 0 Å². The highest BCUT2D eigenvalue weighted by Gasteiger charge is 2.17. The Morgan fingerprint density at radius 2 is 1.93 bits per heavy atom. The highest BCUT2D eigenvalue weighted by Crippen LogP contribution is 2.34. The number of rotatable bonds is 1. The molecule has 0 aliphatic carbocycles. The summed E-state index contributed by atoms with van der Waals surface area (Å²) in [5.41, 5.74) is 2.57. The maximum atomic E-state index is 5.98. The van der Waals surface area contributed by atoms with E-state index in [-0.39, 0.29) is 0 Å². The molecule has 1 saturated heterocycles. The van der Waals surface area contributed by atoms with Crippen LogP contribution in [0.5, 0.6) is 0 Å². The maximum Gasteiger partial charge on any atom is 0.0541 e. The Kier molecular flexibility index (Phi) is 3.03. The molecule has 2 rings (SSSR count). The van der Waals surface area contributed by atoms with Crippen molar-refractivity contribution in [3.8, 4) is 0 Å². The van der Waals surface area contributed by atoms with Gasteiger partial charge in [0.05, 0.1) is 5.69 Å². The first kappa shape index (κ1) is 10.3. The van der Waals surface area contributed by atoms with Crippen molar-refractivity contribution in [3.63, 3.8) is 0 Å². The zero-order valence-corrected chi connectivity index (χ0v) is 10.5. The smallest absolute Gasteiger partial charge is 0.0541 e. The molecular formula is C11H13BrClN. The van der Waals surface area contributed by atoms with Gasteiger partial charge in [0.15, 0.2) is 0 Å². The monoisotopic (exact) mass is 273 g/mol. The predicted octanol–water partition coefficient (Wildman–Crippen LogP) is 4.01. The second kappa shape index (κ2) is 4.11. The number of hydrogen-bond donors (Lipinski definition) is 0. The van der Waals surface area contributed by atoms with E-state index < -0.39 is 0 Å². The lowest BCUT2D eigenvalue weighted by molar-refractivity contribution is 0.949. The molecule has 1 aliphatic rings. The van der Waals surface area contributed by atoms with Crippen molar-refractivity contribution in [2.45, 2.75) is 19.8 Å². The lowest BCUT2D eigenvalue weighted by atomic mass is 10.2. The van der Waals surface area contributed by atoms with Crippen molar-refractivity contribution in [2.24, 2.45) is 0 Å². The second-order valence-electron chi connectivity index (χ2n) is 3.75. The largest absolute Gasteiger partial charge is 0.370 e. The summed E-state index contributed by atoms with van der Waals surface area (Å²) in [5.74, 6) is 0. The van der Waals surface area contributed by atoms with E-state index in [1.165, 1.54) is 37.2 Å². The topological polar surface area (TPSA) is 3.24 Å². The molecule has 1 aromatic carbocycles. The molecule has 0 N–H and O–H groups in total. The highest BCUT2D eigenvalue weighted by molar-refractivity contribution is 9.10. The Hall–Kier alpha value is -0.210. The Bertz CT molecular complexity index is 322. The van der Waals surface area contributed by atoms with Crippen LogP contribution < -0.4 is 4.90 Å². The zero-order chi connectivity index (χ0) is 10.1. The van der Waals surface area contributed by atoms with Gasteiger partial charge in [-0.3, -0.25) is 0 Å². The average Bonchev–Trinajstić information content (AvgIpc) is 2.54. The quantitative estimate of drug-likeness (QED) is 0.748. The van der Waals surface area contributed by atoms with Crippen molar-refractivity contribution < 1.29 is 0 Å². The summed E-state index contributed by atoms with van der Waals surface area (Å²) in [7, 11) is 0. The lowest BCUT2D eigenvalue weighted by Gasteiger charge is -2.21. The van der Waals surface area contributed by atoms with E-state index in [1.54, 1.807) is 0 Å². The van der Waals surface area contributed by atoms with Crippen LogP contribution in [-0.4, -0.2) is 13.1 Å². The Labute approximate surface area is 98.2 Å². The molecule has 0 amide bonds. The van der Waals surface area contributed by atoms with Gasteiger partial charge in [0.2, 0.25) is 0 Å². The summed E-state index contributed by atoms with van der Waals surface area (Å²) in [6, 6.07) is 4.00. The molecule has 76 valence electrons. The molecule has 1 fully saturated rings. The Balaban J connectivity index is 2.40. The highest BCUT2D eigenvalue weighted by atomic mass is 79.9. The number of halogens is 2. The van der Waals surface area contributed by atoms with Crippen LogP contribution >= 0.6 is 27.5 Å². The number of hydrogen-bond acceptors (Lipinski definition) is 1. The van der Waals surface area contributed by atoms with E-state index in [9.17, 15) is 0 Å². The normalized spacial score (nSPS) is 16.4. The van der Waals surface area contributed by atoms with Gasteiger partial charge in [0.1, 0.15) is 0 Å². The van der Waals surface area contributed by atoms with Crippen molar-refractivity contribution in [1.82, 2.24) is 0 Å². The van der Waals surface area contributed by atoms with E-state index in [2.05, 4.69) is 27.8 Å². The van der Waals surface area contributed by atoms with Crippen LogP contribution in [0.2, 0.25) is 5.02 Å². The van der Waals surface area contributed by atoms with Crippen molar-refractivity contribution in [1.29, 1.82) is 0 Å². The molecule has 1 nitrogen and oxygen atoms in total. The number of nitrogens with zero attached hydrogens (tertiary/aromatic N) is 1. The third kappa shape index (κ3) is 1.91. The molecule has 0 bridgehead atoms. The number of benzene rings is 1. The van der Waals surface area contributed by atoms with Gasteiger partial charge in [-0.25, -0.2) is 0 Å². The molecule has 14 heavy (non-hydrogen) atoms. The second-order valence-corrected chi connectivity index (χ2v) is 5.04. The molecule has 0 spiro atoms. The van der Waals surface area contributed by atoms with Crippen molar-refractivity contribution in [2.75, 3.05) is 18.0 Å². The van der Waals surface area contributed by atoms with Crippen LogP contribution in [0.1, 0.15) is 18.4 Å². The minimum atomic E-state index is 0.803. The van der Waals surface area contributed by atoms with Crippen LogP contribution in [0.3, 0.4) is 0 Å². The fraction of sp³-hybridized carbons (Fsp3) is 0.455. The van der Waals surface area contributed by atoms with Crippen LogP contribution in [0.15, 0.2) is 16.6 Å². The van der Waals surface area contributed by atoms with E-state index in [0.29, 0.717) is 0 Å². The zero-order valence-electron chi connectivity index (χ0n) is 8.19. The van der Waals surface area contributed by atoms with Crippen molar-refractivity contribution >= 4 is 33.2 Å². The summed E-state index contributed by atoms with van der Waals surface area (Å²) in [4.78, 5) is 2.43. The first-order valence-corrected chi connectivity index (χ1v) is 6.06. The molecule has 0 saturated carbocycles. The van der Waals surface area contributed by atoms with Gasteiger partial charge in [-0.05, 0) is 53.4 Å². The lowest BCUT2D eigenvalue weighted by Crippen LogP contribution is -2.19. The van der Waals surface area contributed by atoms with Gasteiger partial charge in [-0.15, -0.1) is 0 Å². The van der Waals surface area contributed by atoms with Gasteiger partial charge >= 0.3 is 0 Å². The SMILES string of the molecule is Cc1cc(Cl)cc(Br)c1N1CCCC1. The Morgan fingerprint density at radius 3 is 2.50 bits per heavy atom. The minimum Gasteiger partial charge on any atom is -0.370 e. The third-order valence-corrected chi connectivity index (χ3v) is 3.46. The number of anilines is 1. The van der Waals surface area contributed by atoms with E-state index in [1.807, 2.05) is 12.1 Å². The summed E-state index contributed by atoms with van der Waals surface area (Å²) in [6.07, 6.45) is 2.60. The third-order valence-electron chi connectivity index (χ3n) is 2.64. The van der Waals surface area contributed by atoms with Crippen LogP contribution in [0, 0.1) is 6.92 Å². The molecule has 0 atom stereocenters. The maximum absolute atomic E-state index is 5.98. The van der Waals surface area contributed by atoms with Gasteiger partial charge in [0, 0.05) is 22.6 Å². The van der Waals surface area contributed by atoms with Gasteiger partial charge < -0.3 is 4.90 Å². The summed E-state index contributed by atoms with van der Waals surface area (Å²) in [6.45, 7) is 4.45. The standard InChI is InChI=1S/C11H13BrClN/c1-8-6-9(13)7-10(12)11(8)14-4-2-3-5-14/h6-7H,2-5H2,1H3. The van der Waals surface area contributed by atoms with E-state index in [4.69, 9.17) is 11.6 Å². The van der Waals surface area contributed by atoms with Gasteiger partial charge in [-0.2, -0.15) is 0 Å². The van der Waals surface area contributed by atoms with E-state index in [0.717, 1.165) is 9.50 Å². The predicted molar refractivity (Wildman–Crippen MR) is 65.3 cm³/mol. The molecule has 3 heteroatoms. The van der Waals surface area contributed by atoms with Crippen LogP contribution in [0.25, 0.3) is 0 Å². The molecule has 1 aromatic rings. The summed E-state index contributed by atoms with van der Waals surface area (Å²) < 4.78 is 1.12. The fourth-order valence-corrected chi connectivity index (χ4v) is 3.25. The molecule has 0 aromatic heterocycles. The van der Waals surface area contributed by atoms with Crippen LogP contribution in [0.4, 0.5) is 5.69 Å². The molecule has 1 heterocycles. The first-order valence-electron chi connectivity index (χ1n) is 4.89. The molecular weight excluding hydrogens is 261 g/mol. The first-order chi connectivity index (χ1) is 6.68. The molecule has 0 unspecified atom stereocenters. The van der Waals surface area contributed by atoms with Crippen molar-refractivity contribution in [3.05, 3.63) is 27.2 Å². The van der Waals surface area contributed by atoms with Crippen LogP contribution in [-0.2, 0) is 0 Å². The van der Waals surface area contributed by atoms with Gasteiger partial charge in [-0.1, -0.05) is 11.6 Å². The summed E-state index contributed by atoms with van der Waals surface area (Å²) >= 11 is 9.56. The van der Waals surface area contributed by atoms with E-state index >= 15 is 0 Å². The average molecular weight is 275 g/mol. The minimum absolute atomic E-state index is 0.803. The fourth-order valence-electron chi connectivity index (χ4n) is 2.04. The molecule has 0 radical (unpaired) electrons.